The third-order valence-electron chi connectivity index (χ3n) is 6.67. The van der Waals surface area contributed by atoms with Gasteiger partial charge in [0.1, 0.15) is 0 Å². The van der Waals surface area contributed by atoms with Crippen molar-refractivity contribution in [2.45, 2.75) is 62.4 Å². The molecule has 2 bridgehead atoms. The third-order valence-corrected chi connectivity index (χ3v) is 8.58. The Labute approximate surface area is 167 Å². The molecule has 1 aromatic rings. The van der Waals surface area contributed by atoms with Crippen LogP contribution in [-0.2, 0) is 14.8 Å². The van der Waals surface area contributed by atoms with Gasteiger partial charge in [-0.05, 0) is 81.0 Å². The van der Waals surface area contributed by atoms with Crippen LogP contribution in [0.4, 0.5) is 0 Å². The van der Waals surface area contributed by atoms with Crippen LogP contribution in [0.3, 0.4) is 0 Å². The van der Waals surface area contributed by atoms with Crippen LogP contribution in [0.1, 0.15) is 51.0 Å². The van der Waals surface area contributed by atoms with Crippen molar-refractivity contribution < 1.29 is 13.2 Å². The molecule has 3 aliphatic rings. The number of carbonyl (C=O) groups excluding carboxylic acids is 1. The number of nitriles is 1. The van der Waals surface area contributed by atoms with Gasteiger partial charge in [-0.15, -0.1) is 0 Å². The first kappa shape index (κ1) is 19.4. The van der Waals surface area contributed by atoms with Gasteiger partial charge in [0.25, 0.3) is 0 Å². The summed E-state index contributed by atoms with van der Waals surface area (Å²) in [6.07, 6.45) is 6.61. The highest BCUT2D eigenvalue weighted by molar-refractivity contribution is 7.89. The molecule has 0 spiro atoms. The number of hydrogen-bond donors (Lipinski definition) is 1. The maximum absolute atomic E-state index is 13.1. The van der Waals surface area contributed by atoms with Gasteiger partial charge in [0.2, 0.25) is 15.9 Å². The Hall–Kier alpha value is -1.91. The molecule has 0 saturated heterocycles. The second-order valence-corrected chi connectivity index (χ2v) is 10.5. The Morgan fingerprint density at radius 1 is 1.21 bits per heavy atom. The number of hydrogen-bond acceptors (Lipinski definition) is 4. The lowest BCUT2D eigenvalue weighted by Gasteiger charge is -2.29. The van der Waals surface area contributed by atoms with E-state index in [1.807, 2.05) is 6.07 Å². The van der Waals surface area contributed by atoms with E-state index < -0.39 is 10.0 Å². The quantitative estimate of drug-likeness (QED) is 0.760. The van der Waals surface area contributed by atoms with E-state index in [2.05, 4.69) is 12.2 Å². The van der Waals surface area contributed by atoms with Crippen molar-refractivity contribution in [1.29, 1.82) is 5.26 Å². The zero-order valence-corrected chi connectivity index (χ0v) is 17.0. The lowest BCUT2D eigenvalue weighted by Crippen LogP contribution is -2.47. The molecule has 3 saturated carbocycles. The van der Waals surface area contributed by atoms with E-state index in [1.54, 1.807) is 0 Å². The summed E-state index contributed by atoms with van der Waals surface area (Å²) < 4.78 is 27.4. The Morgan fingerprint density at radius 2 is 1.93 bits per heavy atom. The zero-order chi connectivity index (χ0) is 19.9. The molecule has 0 radical (unpaired) electrons. The smallest absolute Gasteiger partial charge is 0.243 e. The second-order valence-electron chi connectivity index (χ2n) is 8.61. The molecular formula is C21H27N3O3S. The van der Waals surface area contributed by atoms with Gasteiger partial charge in [-0.25, -0.2) is 8.42 Å². The predicted molar refractivity (Wildman–Crippen MR) is 105 cm³/mol. The first-order valence-corrected chi connectivity index (χ1v) is 11.6. The van der Waals surface area contributed by atoms with Crippen LogP contribution >= 0.6 is 0 Å². The fraction of sp³-hybridized carbons (Fsp3) is 0.619. The molecule has 1 aromatic carbocycles. The van der Waals surface area contributed by atoms with Crippen LogP contribution in [-0.4, -0.2) is 37.3 Å². The molecule has 3 fully saturated rings. The lowest BCUT2D eigenvalue weighted by atomic mass is 9.84. The van der Waals surface area contributed by atoms with Crippen LogP contribution in [0.25, 0.3) is 0 Å². The summed E-state index contributed by atoms with van der Waals surface area (Å²) in [4.78, 5) is 12.8. The highest BCUT2D eigenvalue weighted by Gasteiger charge is 2.43. The van der Waals surface area contributed by atoms with Crippen molar-refractivity contribution in [2.75, 3.05) is 6.54 Å². The van der Waals surface area contributed by atoms with E-state index in [9.17, 15) is 13.2 Å². The van der Waals surface area contributed by atoms with Crippen molar-refractivity contribution in [1.82, 2.24) is 9.62 Å². The number of fused-ring (bicyclic) bond motifs is 2. The molecule has 0 aliphatic heterocycles. The van der Waals surface area contributed by atoms with Gasteiger partial charge < -0.3 is 5.32 Å². The van der Waals surface area contributed by atoms with Gasteiger partial charge >= 0.3 is 0 Å². The normalized spacial score (nSPS) is 27.5. The molecule has 0 unspecified atom stereocenters. The largest absolute Gasteiger partial charge is 0.352 e. The van der Waals surface area contributed by atoms with Gasteiger partial charge in [0, 0.05) is 12.1 Å². The van der Waals surface area contributed by atoms with E-state index in [-0.39, 0.29) is 29.4 Å². The summed E-state index contributed by atoms with van der Waals surface area (Å²) in [6.45, 7) is 1.91. The molecule has 4 rings (SSSR count). The van der Waals surface area contributed by atoms with Crippen LogP contribution in [0.2, 0.25) is 0 Å². The minimum Gasteiger partial charge on any atom is -0.352 e. The number of sulfonamides is 1. The van der Waals surface area contributed by atoms with Crippen molar-refractivity contribution in [3.8, 4) is 6.07 Å². The Morgan fingerprint density at radius 3 is 2.46 bits per heavy atom. The second kappa shape index (κ2) is 7.49. The van der Waals surface area contributed by atoms with Gasteiger partial charge in [0.15, 0.2) is 0 Å². The molecule has 3 aliphatic carbocycles. The average Bonchev–Trinajstić information content (AvgIpc) is 3.29. The predicted octanol–water partition coefficient (Wildman–Crippen LogP) is 2.65. The van der Waals surface area contributed by atoms with E-state index in [0.29, 0.717) is 17.4 Å². The van der Waals surface area contributed by atoms with Gasteiger partial charge in [-0.1, -0.05) is 6.42 Å². The van der Waals surface area contributed by atoms with Crippen molar-refractivity contribution in [3.63, 3.8) is 0 Å². The monoisotopic (exact) mass is 401 g/mol. The molecule has 150 valence electrons. The maximum atomic E-state index is 13.1. The number of amides is 1. The van der Waals surface area contributed by atoms with E-state index in [4.69, 9.17) is 5.26 Å². The van der Waals surface area contributed by atoms with Crippen LogP contribution in [0.15, 0.2) is 29.2 Å². The molecule has 4 atom stereocenters. The third kappa shape index (κ3) is 3.81. The highest BCUT2D eigenvalue weighted by Crippen LogP contribution is 2.49. The zero-order valence-electron chi connectivity index (χ0n) is 16.2. The summed E-state index contributed by atoms with van der Waals surface area (Å²) >= 11 is 0. The standard InChI is InChI=1S/C21H27N3O3S/c1-14(20-11-16-2-5-17(20)10-16)23-21(25)13-24(18-6-7-18)28(26,27)19-8-3-15(12-22)4-9-19/h3-4,8-9,14,16-18,20H,2,5-7,10-11,13H2,1H3,(H,23,25)/t14-,16-,17-,20+/m0/s1. The van der Waals surface area contributed by atoms with Crippen molar-refractivity contribution >= 4 is 15.9 Å². The van der Waals surface area contributed by atoms with Gasteiger partial charge in [-0.2, -0.15) is 9.57 Å². The summed E-state index contributed by atoms with van der Waals surface area (Å²) in [5.74, 6) is 1.82. The van der Waals surface area contributed by atoms with Crippen molar-refractivity contribution in [3.05, 3.63) is 29.8 Å². The SMILES string of the molecule is C[C@H](NC(=O)CN(C1CC1)S(=O)(=O)c1ccc(C#N)cc1)[C@H]1C[C@H]2CC[C@H]1C2. The highest BCUT2D eigenvalue weighted by atomic mass is 32.2. The average molecular weight is 402 g/mol. The minimum atomic E-state index is -3.76. The number of nitrogens with zero attached hydrogens (tertiary/aromatic N) is 2. The Balaban J connectivity index is 1.43. The first-order valence-electron chi connectivity index (χ1n) is 10.2. The first-order chi connectivity index (χ1) is 13.4. The molecule has 1 N–H and O–H groups in total. The summed E-state index contributed by atoms with van der Waals surface area (Å²) in [5.41, 5.74) is 0.411. The fourth-order valence-corrected chi connectivity index (χ4v) is 6.71. The van der Waals surface area contributed by atoms with E-state index >= 15 is 0 Å². The maximum Gasteiger partial charge on any atom is 0.243 e. The summed E-state index contributed by atoms with van der Waals surface area (Å²) in [5, 5.41) is 12.0. The lowest BCUT2D eigenvalue weighted by molar-refractivity contribution is -0.122. The van der Waals surface area contributed by atoms with Gasteiger partial charge in [0.05, 0.1) is 23.1 Å². The molecule has 0 heterocycles. The molecule has 1 amide bonds. The molecular weight excluding hydrogens is 374 g/mol. The summed E-state index contributed by atoms with van der Waals surface area (Å²) in [6, 6.07) is 7.84. The van der Waals surface area contributed by atoms with E-state index in [0.717, 1.165) is 18.8 Å². The number of nitrogens with one attached hydrogen (secondary N) is 1. The Bertz CT molecular complexity index is 886. The van der Waals surface area contributed by atoms with Crippen LogP contribution < -0.4 is 5.32 Å². The van der Waals surface area contributed by atoms with Crippen LogP contribution in [0.5, 0.6) is 0 Å². The number of carbonyl (C=O) groups is 1. The molecule has 6 nitrogen and oxygen atoms in total. The Kier molecular flexibility index (Phi) is 5.19. The van der Waals surface area contributed by atoms with Crippen LogP contribution in [0, 0.1) is 29.1 Å². The van der Waals surface area contributed by atoms with E-state index in [1.165, 1.54) is 54.3 Å². The van der Waals surface area contributed by atoms with Crippen molar-refractivity contribution in [2.24, 2.45) is 17.8 Å². The number of benzene rings is 1. The fourth-order valence-electron chi connectivity index (χ4n) is 5.06. The molecule has 0 aromatic heterocycles. The topological polar surface area (TPSA) is 90.3 Å². The minimum absolute atomic E-state index is 0.0847. The summed E-state index contributed by atoms with van der Waals surface area (Å²) in [7, 11) is -3.76. The van der Waals surface area contributed by atoms with Gasteiger partial charge in [-0.3, -0.25) is 4.79 Å². The number of rotatable bonds is 7. The molecule has 28 heavy (non-hydrogen) atoms. The molecule has 7 heteroatoms.